The number of nitrogens with one attached hydrogen (secondary N) is 2. The zero-order valence-electron chi connectivity index (χ0n) is 15.4. The molecule has 9 heteroatoms. The van der Waals surface area contributed by atoms with Gasteiger partial charge >= 0.3 is 5.69 Å². The van der Waals surface area contributed by atoms with Gasteiger partial charge < -0.3 is 10.4 Å². The summed E-state index contributed by atoms with van der Waals surface area (Å²) in [5.74, 6) is -1.22. The number of hydrogen-bond acceptors (Lipinski definition) is 6. The maximum atomic E-state index is 12.0. The third-order valence-electron chi connectivity index (χ3n) is 3.85. The minimum atomic E-state index is -0.722. The Bertz CT molecular complexity index is 940. The summed E-state index contributed by atoms with van der Waals surface area (Å²) in [7, 11) is 0. The summed E-state index contributed by atoms with van der Waals surface area (Å²) in [6.07, 6.45) is 1.13. The first kappa shape index (κ1) is 20.6. The Labute approximate surface area is 161 Å². The number of aryl methyl sites for hydroxylation is 2. The van der Waals surface area contributed by atoms with E-state index in [1.807, 2.05) is 32.0 Å². The number of nitro groups is 1. The number of phenolic OH excluding ortho intramolecular Hbond substituents is 1. The third-order valence-corrected chi connectivity index (χ3v) is 3.85. The second kappa shape index (κ2) is 9.26. The van der Waals surface area contributed by atoms with Crippen LogP contribution in [0.2, 0.25) is 0 Å². The summed E-state index contributed by atoms with van der Waals surface area (Å²) in [6.45, 7) is 3.80. The first-order chi connectivity index (χ1) is 13.3. The highest BCUT2D eigenvalue weighted by Gasteiger charge is 2.13. The van der Waals surface area contributed by atoms with Crippen molar-refractivity contribution in [3.8, 4) is 5.75 Å². The molecule has 0 atom stereocenters. The highest BCUT2D eigenvalue weighted by atomic mass is 16.6. The molecule has 0 aliphatic carbocycles. The second-order valence-corrected chi connectivity index (χ2v) is 6.16. The van der Waals surface area contributed by atoms with Crippen molar-refractivity contribution < 1.29 is 19.6 Å². The molecule has 2 aromatic carbocycles. The van der Waals surface area contributed by atoms with Crippen LogP contribution in [0, 0.1) is 24.0 Å². The number of nitro benzene ring substituents is 1. The first-order valence-electron chi connectivity index (χ1n) is 8.42. The van der Waals surface area contributed by atoms with Crippen LogP contribution in [0.3, 0.4) is 0 Å². The molecule has 2 aromatic rings. The molecule has 0 aromatic heterocycles. The van der Waals surface area contributed by atoms with E-state index in [1.165, 1.54) is 18.3 Å². The van der Waals surface area contributed by atoms with Gasteiger partial charge in [-0.3, -0.25) is 19.7 Å². The molecule has 0 heterocycles. The molecule has 146 valence electrons. The van der Waals surface area contributed by atoms with Crippen molar-refractivity contribution in [2.24, 2.45) is 5.10 Å². The molecule has 2 amide bonds. The summed E-state index contributed by atoms with van der Waals surface area (Å²) < 4.78 is 0. The van der Waals surface area contributed by atoms with Crippen LogP contribution >= 0.6 is 0 Å². The molecule has 0 spiro atoms. The Balaban J connectivity index is 1.83. The Kier molecular flexibility index (Phi) is 6.80. The van der Waals surface area contributed by atoms with E-state index in [2.05, 4.69) is 15.8 Å². The molecule has 0 saturated carbocycles. The molecule has 0 bridgehead atoms. The third kappa shape index (κ3) is 5.90. The standard InChI is InChI=1S/C19H20N4O5/c1-12-3-4-13(2)15(9-12)21-18(25)7-8-19(26)22-20-11-14-5-6-17(24)16(10-14)23(27)28/h3-6,9-11,24H,7-8H2,1-2H3,(H,21,25)(H,22,26). The number of carbonyl (C=O) groups is 2. The number of phenols is 1. The molecule has 0 aliphatic rings. The Hall–Kier alpha value is -3.75. The van der Waals surface area contributed by atoms with Crippen LogP contribution in [0.4, 0.5) is 11.4 Å². The van der Waals surface area contributed by atoms with Gasteiger partial charge in [-0.25, -0.2) is 5.43 Å². The molecular weight excluding hydrogens is 364 g/mol. The summed E-state index contributed by atoms with van der Waals surface area (Å²) >= 11 is 0. The molecule has 0 aliphatic heterocycles. The van der Waals surface area contributed by atoms with Gasteiger partial charge in [0.25, 0.3) is 0 Å². The maximum absolute atomic E-state index is 12.0. The average molecular weight is 384 g/mol. The number of carbonyl (C=O) groups excluding carboxylic acids is 2. The van der Waals surface area contributed by atoms with Gasteiger partial charge in [0, 0.05) is 30.2 Å². The fraction of sp³-hybridized carbons (Fsp3) is 0.211. The second-order valence-electron chi connectivity index (χ2n) is 6.16. The van der Waals surface area contributed by atoms with Crippen molar-refractivity contribution >= 4 is 29.4 Å². The number of amides is 2. The zero-order chi connectivity index (χ0) is 20.7. The topological polar surface area (TPSA) is 134 Å². The van der Waals surface area contributed by atoms with Gasteiger partial charge in [-0.05, 0) is 43.2 Å². The summed E-state index contributed by atoms with van der Waals surface area (Å²) in [4.78, 5) is 33.8. The smallest absolute Gasteiger partial charge is 0.311 e. The quantitative estimate of drug-likeness (QED) is 0.383. The lowest BCUT2D eigenvalue weighted by Crippen LogP contribution is -2.20. The molecule has 3 N–H and O–H groups in total. The fourth-order valence-corrected chi connectivity index (χ4v) is 2.31. The van der Waals surface area contributed by atoms with E-state index >= 15 is 0 Å². The van der Waals surface area contributed by atoms with Gasteiger partial charge in [0.05, 0.1) is 11.1 Å². The van der Waals surface area contributed by atoms with Crippen LogP contribution in [0.15, 0.2) is 41.5 Å². The number of aromatic hydroxyl groups is 1. The highest BCUT2D eigenvalue weighted by Crippen LogP contribution is 2.25. The number of rotatable bonds is 7. The van der Waals surface area contributed by atoms with E-state index in [-0.39, 0.29) is 18.7 Å². The molecule has 0 unspecified atom stereocenters. The van der Waals surface area contributed by atoms with Crippen LogP contribution in [0.5, 0.6) is 5.75 Å². The minimum Gasteiger partial charge on any atom is -0.502 e. The minimum absolute atomic E-state index is 0.0145. The van der Waals surface area contributed by atoms with Crippen molar-refractivity contribution in [2.75, 3.05) is 5.32 Å². The molecule has 0 radical (unpaired) electrons. The summed E-state index contributed by atoms with van der Waals surface area (Å²) in [6, 6.07) is 9.41. The normalized spacial score (nSPS) is 10.6. The van der Waals surface area contributed by atoms with Crippen LogP contribution < -0.4 is 10.7 Å². The van der Waals surface area contributed by atoms with E-state index in [1.54, 1.807) is 0 Å². The number of hydrazone groups is 1. The van der Waals surface area contributed by atoms with Crippen molar-refractivity contribution in [1.29, 1.82) is 0 Å². The van der Waals surface area contributed by atoms with Crippen molar-refractivity contribution in [2.45, 2.75) is 26.7 Å². The number of hydrogen-bond donors (Lipinski definition) is 3. The molecule has 9 nitrogen and oxygen atoms in total. The van der Waals surface area contributed by atoms with Gasteiger partial charge in [0.1, 0.15) is 0 Å². The van der Waals surface area contributed by atoms with Gasteiger partial charge in [0.2, 0.25) is 11.8 Å². The van der Waals surface area contributed by atoms with Crippen LogP contribution in [-0.2, 0) is 9.59 Å². The van der Waals surface area contributed by atoms with Crippen molar-refractivity contribution in [1.82, 2.24) is 5.43 Å². The largest absolute Gasteiger partial charge is 0.502 e. The maximum Gasteiger partial charge on any atom is 0.311 e. The lowest BCUT2D eigenvalue weighted by atomic mass is 10.1. The summed E-state index contributed by atoms with van der Waals surface area (Å²) in [5, 5.41) is 26.6. The SMILES string of the molecule is Cc1ccc(C)c(NC(=O)CCC(=O)NN=Cc2ccc(O)c([N+](=O)[O-])c2)c1. The number of nitrogens with zero attached hydrogens (tertiary/aromatic N) is 2. The predicted octanol–water partition coefficient (Wildman–Crippen LogP) is 2.79. The number of benzene rings is 2. The Morgan fingerprint density at radius 1 is 1.14 bits per heavy atom. The molecule has 2 rings (SSSR count). The molecule has 0 fully saturated rings. The van der Waals surface area contributed by atoms with Crippen LogP contribution in [0.1, 0.15) is 29.5 Å². The van der Waals surface area contributed by atoms with Gasteiger partial charge in [-0.2, -0.15) is 5.10 Å². The fourth-order valence-electron chi connectivity index (χ4n) is 2.31. The zero-order valence-corrected chi connectivity index (χ0v) is 15.4. The van der Waals surface area contributed by atoms with Crippen LogP contribution in [0.25, 0.3) is 0 Å². The first-order valence-corrected chi connectivity index (χ1v) is 8.42. The Morgan fingerprint density at radius 2 is 1.86 bits per heavy atom. The van der Waals surface area contributed by atoms with Gasteiger partial charge in [-0.1, -0.05) is 12.1 Å². The molecular formula is C19H20N4O5. The van der Waals surface area contributed by atoms with Crippen LogP contribution in [-0.4, -0.2) is 28.1 Å². The van der Waals surface area contributed by atoms with E-state index in [0.717, 1.165) is 17.2 Å². The Morgan fingerprint density at radius 3 is 2.57 bits per heavy atom. The average Bonchev–Trinajstić information content (AvgIpc) is 2.64. The number of anilines is 1. The molecule has 0 saturated heterocycles. The predicted molar refractivity (Wildman–Crippen MR) is 104 cm³/mol. The highest BCUT2D eigenvalue weighted by molar-refractivity contribution is 5.94. The van der Waals surface area contributed by atoms with E-state index in [4.69, 9.17) is 0 Å². The molecule has 28 heavy (non-hydrogen) atoms. The van der Waals surface area contributed by atoms with E-state index in [0.29, 0.717) is 11.3 Å². The monoisotopic (exact) mass is 384 g/mol. The van der Waals surface area contributed by atoms with E-state index < -0.39 is 22.3 Å². The summed E-state index contributed by atoms with van der Waals surface area (Å²) in [5.41, 5.74) is 4.77. The van der Waals surface area contributed by atoms with E-state index in [9.17, 15) is 24.8 Å². The van der Waals surface area contributed by atoms with Crippen molar-refractivity contribution in [3.05, 3.63) is 63.2 Å². The lowest BCUT2D eigenvalue weighted by Gasteiger charge is -2.09. The van der Waals surface area contributed by atoms with Gasteiger partial charge in [0.15, 0.2) is 5.75 Å². The van der Waals surface area contributed by atoms with Crippen molar-refractivity contribution in [3.63, 3.8) is 0 Å². The lowest BCUT2D eigenvalue weighted by molar-refractivity contribution is -0.385. The van der Waals surface area contributed by atoms with Gasteiger partial charge in [-0.15, -0.1) is 0 Å².